The Morgan fingerprint density at radius 1 is 1.20 bits per heavy atom. The maximum atomic E-state index is 5.40. The van der Waals surface area contributed by atoms with Crippen LogP contribution in [0.2, 0.25) is 0 Å². The first-order valence-electron chi connectivity index (χ1n) is 5.81. The Balaban J connectivity index is 2.42. The molecule has 84 valence electrons. The lowest BCUT2D eigenvalue weighted by Crippen LogP contribution is -2.87. The number of quaternary nitrogens is 1. The van der Waals surface area contributed by atoms with Crippen LogP contribution in [0.4, 0.5) is 0 Å². The molecule has 2 nitrogen and oxygen atoms in total. The quantitative estimate of drug-likeness (QED) is 0.759. The van der Waals surface area contributed by atoms with Crippen LogP contribution in [0, 0.1) is 0 Å². The van der Waals surface area contributed by atoms with Crippen molar-refractivity contribution in [2.75, 3.05) is 6.61 Å². The van der Waals surface area contributed by atoms with Crippen LogP contribution in [-0.2, 0) is 6.54 Å². The Bertz CT molecular complexity index is 268. The summed E-state index contributed by atoms with van der Waals surface area (Å²) in [6, 6.07) is 9.08. The summed E-state index contributed by atoms with van der Waals surface area (Å²) in [7, 11) is 0. The maximum Gasteiger partial charge on any atom is 0.119 e. The highest BCUT2D eigenvalue weighted by Crippen LogP contribution is 2.11. The van der Waals surface area contributed by atoms with Gasteiger partial charge < -0.3 is 10.1 Å². The number of ether oxygens (including phenoxy) is 1. The molecule has 0 fully saturated rings. The van der Waals surface area contributed by atoms with E-state index in [2.05, 4.69) is 31.3 Å². The van der Waals surface area contributed by atoms with Gasteiger partial charge in [-0.25, -0.2) is 0 Å². The van der Waals surface area contributed by atoms with Crippen LogP contribution in [0.1, 0.15) is 32.8 Å². The average Bonchev–Trinajstić information content (AvgIpc) is 2.28. The van der Waals surface area contributed by atoms with Crippen LogP contribution in [-0.4, -0.2) is 12.6 Å². The molecule has 0 amide bonds. The number of hydrogen-bond acceptors (Lipinski definition) is 1. The number of hydrogen-bond donors (Lipinski definition) is 1. The van der Waals surface area contributed by atoms with Crippen molar-refractivity contribution in [3.63, 3.8) is 0 Å². The maximum absolute atomic E-state index is 5.40. The summed E-state index contributed by atoms with van der Waals surface area (Å²) in [6.07, 6.45) is 1.22. The predicted octanol–water partition coefficient (Wildman–Crippen LogP) is 1.95. The molecule has 2 N–H and O–H groups in total. The zero-order chi connectivity index (χ0) is 11.1. The van der Waals surface area contributed by atoms with Crippen molar-refractivity contribution in [1.82, 2.24) is 0 Å². The molecule has 0 saturated heterocycles. The van der Waals surface area contributed by atoms with Gasteiger partial charge in [0.05, 0.1) is 12.6 Å². The molecule has 0 saturated carbocycles. The lowest BCUT2D eigenvalue weighted by molar-refractivity contribution is -0.701. The van der Waals surface area contributed by atoms with Crippen LogP contribution in [0.15, 0.2) is 24.3 Å². The smallest absolute Gasteiger partial charge is 0.119 e. The molecule has 15 heavy (non-hydrogen) atoms. The van der Waals surface area contributed by atoms with E-state index in [0.29, 0.717) is 6.04 Å². The summed E-state index contributed by atoms with van der Waals surface area (Å²) in [5, 5.41) is 2.37. The van der Waals surface area contributed by atoms with Gasteiger partial charge in [0.2, 0.25) is 0 Å². The second kappa shape index (κ2) is 6.46. The summed E-state index contributed by atoms with van der Waals surface area (Å²) < 4.78 is 5.40. The van der Waals surface area contributed by atoms with Crippen molar-refractivity contribution in [2.45, 2.75) is 39.8 Å². The second-order valence-electron chi connectivity index (χ2n) is 3.90. The van der Waals surface area contributed by atoms with Gasteiger partial charge in [0.1, 0.15) is 12.3 Å². The van der Waals surface area contributed by atoms with Gasteiger partial charge in [0, 0.05) is 5.56 Å². The molecule has 0 spiro atoms. The van der Waals surface area contributed by atoms with E-state index in [1.54, 1.807) is 0 Å². The lowest BCUT2D eigenvalue weighted by Gasteiger charge is -2.08. The second-order valence-corrected chi connectivity index (χ2v) is 3.90. The van der Waals surface area contributed by atoms with Crippen molar-refractivity contribution < 1.29 is 10.1 Å². The fourth-order valence-electron chi connectivity index (χ4n) is 1.39. The van der Waals surface area contributed by atoms with Crippen molar-refractivity contribution in [3.8, 4) is 5.75 Å². The monoisotopic (exact) mass is 208 g/mol. The topological polar surface area (TPSA) is 25.8 Å². The summed E-state index contributed by atoms with van der Waals surface area (Å²) in [6.45, 7) is 8.28. The molecule has 1 rings (SSSR count). The molecule has 0 aromatic heterocycles. The molecule has 0 aliphatic rings. The number of rotatable bonds is 6. The third-order valence-electron chi connectivity index (χ3n) is 2.63. The van der Waals surface area contributed by atoms with E-state index < -0.39 is 0 Å². The predicted molar refractivity (Wildman–Crippen MR) is 63.0 cm³/mol. The van der Waals surface area contributed by atoms with Gasteiger partial charge >= 0.3 is 0 Å². The minimum absolute atomic E-state index is 0.705. The number of nitrogens with two attached hydrogens (primary N) is 1. The molecule has 1 aromatic rings. The fourth-order valence-corrected chi connectivity index (χ4v) is 1.39. The van der Waals surface area contributed by atoms with Crippen molar-refractivity contribution in [1.29, 1.82) is 0 Å². The van der Waals surface area contributed by atoms with Crippen LogP contribution < -0.4 is 10.1 Å². The van der Waals surface area contributed by atoms with E-state index >= 15 is 0 Å². The first kappa shape index (κ1) is 12.1. The number of benzene rings is 1. The molecule has 0 unspecified atom stereocenters. The largest absolute Gasteiger partial charge is 0.494 e. The first-order chi connectivity index (χ1) is 7.26. The third kappa shape index (κ3) is 4.34. The van der Waals surface area contributed by atoms with Crippen LogP contribution in [0.3, 0.4) is 0 Å². The van der Waals surface area contributed by atoms with E-state index in [9.17, 15) is 0 Å². The van der Waals surface area contributed by atoms with Crippen LogP contribution in [0.25, 0.3) is 0 Å². The minimum atomic E-state index is 0.705. The molecule has 0 aliphatic heterocycles. The van der Waals surface area contributed by atoms with Gasteiger partial charge in [-0.2, -0.15) is 0 Å². The zero-order valence-electron chi connectivity index (χ0n) is 9.99. The van der Waals surface area contributed by atoms with E-state index in [1.165, 1.54) is 12.0 Å². The Labute approximate surface area is 92.6 Å². The lowest BCUT2D eigenvalue weighted by atomic mass is 10.2. The Kier molecular flexibility index (Phi) is 5.19. The van der Waals surface area contributed by atoms with Crippen molar-refractivity contribution in [2.24, 2.45) is 0 Å². The Morgan fingerprint density at radius 2 is 1.87 bits per heavy atom. The van der Waals surface area contributed by atoms with E-state index in [-0.39, 0.29) is 0 Å². The van der Waals surface area contributed by atoms with Crippen LogP contribution >= 0.6 is 0 Å². The standard InChI is InChI=1S/C13H21NO/c1-4-11(3)14-10-12-6-8-13(9-7-12)15-5-2/h6-9,11,14H,4-5,10H2,1-3H3/p+1/t11-/m0/s1. The summed E-state index contributed by atoms with van der Waals surface area (Å²) >= 11 is 0. The molecule has 0 heterocycles. The minimum Gasteiger partial charge on any atom is -0.494 e. The summed E-state index contributed by atoms with van der Waals surface area (Å²) in [4.78, 5) is 0. The molecular formula is C13H22NO+. The highest BCUT2D eigenvalue weighted by molar-refractivity contribution is 5.26. The highest BCUT2D eigenvalue weighted by atomic mass is 16.5. The van der Waals surface area contributed by atoms with Crippen LogP contribution in [0.5, 0.6) is 5.75 Å². The molecule has 0 bridgehead atoms. The molecule has 1 atom stereocenters. The van der Waals surface area contributed by atoms with Gasteiger partial charge in [-0.1, -0.05) is 6.92 Å². The Hall–Kier alpha value is -1.02. The average molecular weight is 208 g/mol. The van der Waals surface area contributed by atoms with Gasteiger partial charge in [-0.3, -0.25) is 0 Å². The third-order valence-corrected chi connectivity index (χ3v) is 2.63. The van der Waals surface area contributed by atoms with Gasteiger partial charge in [-0.15, -0.1) is 0 Å². The SMILES string of the molecule is CCOc1ccc(C[NH2+][C@@H](C)CC)cc1. The van der Waals surface area contributed by atoms with Crippen molar-refractivity contribution in [3.05, 3.63) is 29.8 Å². The molecular weight excluding hydrogens is 186 g/mol. The van der Waals surface area contributed by atoms with Gasteiger partial charge in [0.25, 0.3) is 0 Å². The molecule has 0 aliphatic carbocycles. The zero-order valence-corrected chi connectivity index (χ0v) is 9.99. The van der Waals surface area contributed by atoms with Gasteiger partial charge in [-0.05, 0) is 44.5 Å². The van der Waals surface area contributed by atoms with E-state index in [4.69, 9.17) is 4.74 Å². The first-order valence-corrected chi connectivity index (χ1v) is 5.81. The summed E-state index contributed by atoms with van der Waals surface area (Å²) in [5.74, 6) is 0.963. The molecule has 0 radical (unpaired) electrons. The summed E-state index contributed by atoms with van der Waals surface area (Å²) in [5.41, 5.74) is 1.36. The fraction of sp³-hybridized carbons (Fsp3) is 0.538. The van der Waals surface area contributed by atoms with E-state index in [1.807, 2.05) is 19.1 Å². The van der Waals surface area contributed by atoms with Crippen molar-refractivity contribution >= 4 is 0 Å². The van der Waals surface area contributed by atoms with Gasteiger partial charge in [0.15, 0.2) is 0 Å². The molecule has 2 heteroatoms. The highest BCUT2D eigenvalue weighted by Gasteiger charge is 2.01. The van der Waals surface area contributed by atoms with E-state index in [0.717, 1.165) is 18.9 Å². The normalized spacial score (nSPS) is 12.5. The molecule has 1 aromatic carbocycles. The Morgan fingerprint density at radius 3 is 2.40 bits per heavy atom.